The van der Waals surface area contributed by atoms with Crippen LogP contribution in [0.3, 0.4) is 0 Å². The van der Waals surface area contributed by atoms with E-state index in [0.29, 0.717) is 24.4 Å². The number of nitrogens with one attached hydrogen (secondary N) is 1. The Labute approximate surface area is 159 Å². The molecule has 2 amide bonds. The summed E-state index contributed by atoms with van der Waals surface area (Å²) in [6, 6.07) is 13.4. The number of hydrogen-bond acceptors (Lipinski definition) is 3. The predicted octanol–water partition coefficient (Wildman–Crippen LogP) is 3.57. The van der Waals surface area contributed by atoms with Gasteiger partial charge in [0, 0.05) is 30.1 Å². The van der Waals surface area contributed by atoms with Crippen LogP contribution in [0, 0.1) is 0 Å². The second-order valence-electron chi connectivity index (χ2n) is 7.09. The van der Waals surface area contributed by atoms with E-state index < -0.39 is 0 Å². The molecule has 4 rings (SSSR count). The summed E-state index contributed by atoms with van der Waals surface area (Å²) in [6.45, 7) is 3.41. The van der Waals surface area contributed by atoms with Crippen LogP contribution < -0.4 is 10.2 Å². The number of fused-ring (bicyclic) bond motifs is 1. The largest absolute Gasteiger partial charge is 0.368 e. The molecule has 140 valence electrons. The maximum Gasteiger partial charge on any atom is 0.256 e. The Morgan fingerprint density at radius 2 is 2.00 bits per heavy atom. The van der Waals surface area contributed by atoms with Crippen molar-refractivity contribution in [3.63, 3.8) is 0 Å². The highest BCUT2D eigenvalue weighted by molar-refractivity contribution is 6.05. The van der Waals surface area contributed by atoms with Gasteiger partial charge in [0.1, 0.15) is 6.10 Å². The molecule has 2 aromatic carbocycles. The van der Waals surface area contributed by atoms with Gasteiger partial charge in [-0.1, -0.05) is 25.1 Å². The second-order valence-corrected chi connectivity index (χ2v) is 7.09. The van der Waals surface area contributed by atoms with Crippen molar-refractivity contribution in [3.05, 3.63) is 59.2 Å². The fraction of sp³-hybridized carbons (Fsp3) is 0.364. The lowest BCUT2D eigenvalue weighted by atomic mass is 10.1. The van der Waals surface area contributed by atoms with E-state index in [-0.39, 0.29) is 17.9 Å². The standard InChI is InChI=1S/C22H24N2O3/c1-2-15-5-7-17(8-6-15)21(25)23-18-10-9-16-11-12-24(19(16)14-18)22(26)20-4-3-13-27-20/h5-10,14,20H,2-4,11-13H2,1H3,(H,23,25). The number of carbonyl (C=O) groups is 2. The van der Waals surface area contributed by atoms with Crippen molar-refractivity contribution in [1.29, 1.82) is 0 Å². The minimum atomic E-state index is -0.328. The molecule has 1 saturated heterocycles. The van der Waals surface area contributed by atoms with E-state index in [9.17, 15) is 9.59 Å². The van der Waals surface area contributed by atoms with Crippen LogP contribution >= 0.6 is 0 Å². The average Bonchev–Trinajstić information content (AvgIpc) is 3.37. The predicted molar refractivity (Wildman–Crippen MR) is 105 cm³/mol. The molecule has 27 heavy (non-hydrogen) atoms. The zero-order chi connectivity index (χ0) is 18.8. The summed E-state index contributed by atoms with van der Waals surface area (Å²) in [7, 11) is 0. The van der Waals surface area contributed by atoms with Crippen LogP contribution in [0.5, 0.6) is 0 Å². The molecule has 0 radical (unpaired) electrons. The first-order chi connectivity index (χ1) is 13.2. The number of amides is 2. The maximum atomic E-state index is 12.7. The molecule has 1 atom stereocenters. The normalized spacial score (nSPS) is 18.4. The Hall–Kier alpha value is -2.66. The van der Waals surface area contributed by atoms with Crippen molar-refractivity contribution in [3.8, 4) is 0 Å². The summed E-state index contributed by atoms with van der Waals surface area (Å²) >= 11 is 0. The van der Waals surface area contributed by atoms with E-state index in [4.69, 9.17) is 4.74 Å². The number of anilines is 2. The van der Waals surface area contributed by atoms with Crippen LogP contribution in [0.25, 0.3) is 0 Å². The highest BCUT2D eigenvalue weighted by Crippen LogP contribution is 2.32. The van der Waals surface area contributed by atoms with Crippen molar-refractivity contribution in [2.45, 2.75) is 38.7 Å². The third-order valence-corrected chi connectivity index (χ3v) is 5.33. The van der Waals surface area contributed by atoms with Gasteiger partial charge in [0.15, 0.2) is 0 Å². The van der Waals surface area contributed by atoms with Crippen LogP contribution in [-0.2, 0) is 22.4 Å². The number of benzene rings is 2. The Kier molecular flexibility index (Phi) is 4.94. The van der Waals surface area contributed by atoms with E-state index in [1.807, 2.05) is 42.5 Å². The quantitative estimate of drug-likeness (QED) is 0.902. The van der Waals surface area contributed by atoms with Gasteiger partial charge >= 0.3 is 0 Å². The van der Waals surface area contributed by atoms with Gasteiger partial charge in [-0.15, -0.1) is 0 Å². The molecular weight excluding hydrogens is 340 g/mol. The summed E-state index contributed by atoms with van der Waals surface area (Å²) in [4.78, 5) is 27.1. The minimum absolute atomic E-state index is 0.0323. The van der Waals surface area contributed by atoms with Gasteiger partial charge in [-0.3, -0.25) is 9.59 Å². The summed E-state index contributed by atoms with van der Waals surface area (Å²) in [5.41, 5.74) is 4.54. The maximum absolute atomic E-state index is 12.7. The van der Waals surface area contributed by atoms with Gasteiger partial charge in [-0.2, -0.15) is 0 Å². The van der Waals surface area contributed by atoms with Crippen LogP contribution in [0.15, 0.2) is 42.5 Å². The van der Waals surface area contributed by atoms with Gasteiger partial charge in [0.25, 0.3) is 11.8 Å². The van der Waals surface area contributed by atoms with Crippen molar-refractivity contribution in [2.24, 2.45) is 0 Å². The molecule has 5 heteroatoms. The third-order valence-electron chi connectivity index (χ3n) is 5.33. The van der Waals surface area contributed by atoms with Crippen molar-refractivity contribution >= 4 is 23.2 Å². The molecule has 2 aromatic rings. The lowest BCUT2D eigenvalue weighted by molar-refractivity contribution is -0.127. The van der Waals surface area contributed by atoms with E-state index in [1.54, 1.807) is 4.90 Å². The smallest absolute Gasteiger partial charge is 0.256 e. The third kappa shape index (κ3) is 3.60. The van der Waals surface area contributed by atoms with E-state index in [2.05, 4.69) is 12.2 Å². The van der Waals surface area contributed by atoms with Crippen LogP contribution in [0.2, 0.25) is 0 Å². The van der Waals surface area contributed by atoms with E-state index >= 15 is 0 Å². The molecule has 1 unspecified atom stereocenters. The summed E-state index contributed by atoms with van der Waals surface area (Å²) < 4.78 is 5.55. The Morgan fingerprint density at radius 1 is 1.19 bits per heavy atom. The van der Waals surface area contributed by atoms with Crippen LogP contribution in [-0.4, -0.2) is 31.1 Å². The summed E-state index contributed by atoms with van der Waals surface area (Å²) in [5, 5.41) is 2.95. The molecule has 0 spiro atoms. The first kappa shape index (κ1) is 17.7. The molecule has 0 aromatic heterocycles. The number of hydrogen-bond donors (Lipinski definition) is 1. The lowest BCUT2D eigenvalue weighted by Gasteiger charge is -2.21. The average molecular weight is 364 g/mol. The van der Waals surface area contributed by atoms with Crippen molar-refractivity contribution < 1.29 is 14.3 Å². The minimum Gasteiger partial charge on any atom is -0.368 e. The summed E-state index contributed by atoms with van der Waals surface area (Å²) in [5.74, 6) is -0.113. The zero-order valence-corrected chi connectivity index (χ0v) is 15.5. The molecule has 0 saturated carbocycles. The molecule has 2 aliphatic heterocycles. The van der Waals surface area contributed by atoms with Crippen molar-refractivity contribution in [2.75, 3.05) is 23.4 Å². The molecular formula is C22H24N2O3. The Bertz CT molecular complexity index is 854. The van der Waals surface area contributed by atoms with Crippen LogP contribution in [0.1, 0.15) is 41.3 Å². The molecule has 2 heterocycles. The molecule has 0 bridgehead atoms. The fourth-order valence-electron chi connectivity index (χ4n) is 3.73. The molecule has 1 fully saturated rings. The van der Waals surface area contributed by atoms with Gasteiger partial charge in [0.2, 0.25) is 0 Å². The highest BCUT2D eigenvalue weighted by Gasteiger charge is 2.32. The monoisotopic (exact) mass is 364 g/mol. The first-order valence-corrected chi connectivity index (χ1v) is 9.62. The Balaban J connectivity index is 1.51. The SMILES string of the molecule is CCc1ccc(C(=O)Nc2ccc3c(c2)N(C(=O)C2CCCO2)CC3)cc1. The number of nitrogens with zero attached hydrogens (tertiary/aromatic N) is 1. The van der Waals surface area contributed by atoms with Gasteiger partial charge < -0.3 is 15.0 Å². The summed E-state index contributed by atoms with van der Waals surface area (Å²) in [6.07, 6.45) is 3.17. The molecule has 5 nitrogen and oxygen atoms in total. The van der Waals surface area contributed by atoms with Crippen molar-refractivity contribution in [1.82, 2.24) is 0 Å². The highest BCUT2D eigenvalue weighted by atomic mass is 16.5. The van der Waals surface area contributed by atoms with Gasteiger partial charge in [-0.25, -0.2) is 0 Å². The van der Waals surface area contributed by atoms with Gasteiger partial charge in [-0.05, 0) is 61.1 Å². The Morgan fingerprint density at radius 3 is 2.70 bits per heavy atom. The lowest BCUT2D eigenvalue weighted by Crippen LogP contribution is -2.37. The zero-order valence-electron chi connectivity index (χ0n) is 15.5. The number of rotatable bonds is 4. The molecule has 2 aliphatic rings. The number of carbonyl (C=O) groups excluding carboxylic acids is 2. The number of ether oxygens (including phenoxy) is 1. The fourth-order valence-corrected chi connectivity index (χ4v) is 3.73. The first-order valence-electron chi connectivity index (χ1n) is 9.62. The van der Waals surface area contributed by atoms with E-state index in [0.717, 1.165) is 36.9 Å². The van der Waals surface area contributed by atoms with Gasteiger partial charge in [0.05, 0.1) is 0 Å². The molecule has 0 aliphatic carbocycles. The van der Waals surface area contributed by atoms with Crippen LogP contribution in [0.4, 0.5) is 11.4 Å². The topological polar surface area (TPSA) is 58.6 Å². The van der Waals surface area contributed by atoms with E-state index in [1.165, 1.54) is 5.56 Å². The number of aryl methyl sites for hydroxylation is 1. The second kappa shape index (κ2) is 7.53. The molecule has 1 N–H and O–H groups in total.